The van der Waals surface area contributed by atoms with Gasteiger partial charge in [0.25, 0.3) is 0 Å². The number of rotatable bonds is 2. The highest BCUT2D eigenvalue weighted by Crippen LogP contribution is 2.46. The lowest BCUT2D eigenvalue weighted by atomic mass is 9.71. The van der Waals surface area contributed by atoms with E-state index in [2.05, 4.69) is 0 Å². The zero-order valence-corrected chi connectivity index (χ0v) is 16.5. The average Bonchev–Trinajstić information content (AvgIpc) is 3.08. The number of likely N-dealkylation sites (tertiary alicyclic amines) is 1. The van der Waals surface area contributed by atoms with Crippen LogP contribution in [0.2, 0.25) is 0 Å². The highest BCUT2D eigenvalue weighted by atomic mass is 16.6. The van der Waals surface area contributed by atoms with Gasteiger partial charge in [-0.3, -0.25) is 19.3 Å². The lowest BCUT2D eigenvalue weighted by molar-refractivity contribution is -0.154. The van der Waals surface area contributed by atoms with Gasteiger partial charge >= 0.3 is 18.0 Å². The van der Waals surface area contributed by atoms with Gasteiger partial charge in [-0.15, -0.1) is 0 Å². The first kappa shape index (κ1) is 19.2. The Morgan fingerprint density at radius 1 is 0.935 bits per heavy atom. The minimum absolute atomic E-state index is 0.0661. The molecule has 2 aliphatic heterocycles. The van der Waals surface area contributed by atoms with Crippen LogP contribution in [0, 0.1) is 11.8 Å². The van der Waals surface area contributed by atoms with Crippen LogP contribution >= 0.6 is 0 Å². The van der Waals surface area contributed by atoms with E-state index in [1.54, 1.807) is 36.4 Å². The third-order valence-electron chi connectivity index (χ3n) is 6.14. The standard InChI is InChI=1S/C24H19NO6/c26-19-13-18(14-7-3-1-4-8-14)25(24(29)30-15-9-5-2-6-10-15)21-16(19)11-12-17-20(21)23(28)31-22(17)27/h1-11,17-18,20-21H,12-13H2/t17-,18+,20-,21+/m0/s1. The molecule has 2 heterocycles. The normalized spacial score (nSPS) is 27.2. The fourth-order valence-corrected chi connectivity index (χ4v) is 4.74. The van der Waals surface area contributed by atoms with E-state index in [0.717, 1.165) is 5.56 Å². The number of cyclic esters (lactones) is 2. The summed E-state index contributed by atoms with van der Waals surface area (Å²) in [6.07, 6.45) is 1.29. The van der Waals surface area contributed by atoms with E-state index in [0.29, 0.717) is 11.3 Å². The van der Waals surface area contributed by atoms with Gasteiger partial charge in [0, 0.05) is 12.0 Å². The summed E-state index contributed by atoms with van der Waals surface area (Å²) in [6, 6.07) is 16.2. The number of allylic oxidation sites excluding steroid dienone is 1. The summed E-state index contributed by atoms with van der Waals surface area (Å²) in [7, 11) is 0. The van der Waals surface area contributed by atoms with Gasteiger partial charge in [0.05, 0.1) is 23.9 Å². The summed E-state index contributed by atoms with van der Waals surface area (Å²) in [5.41, 5.74) is 1.12. The van der Waals surface area contributed by atoms with E-state index in [1.807, 2.05) is 30.3 Å². The number of nitrogens with zero attached hydrogens (tertiary/aromatic N) is 1. The molecule has 3 aliphatic rings. The van der Waals surface area contributed by atoms with Crippen molar-refractivity contribution >= 4 is 23.8 Å². The first-order valence-electron chi connectivity index (χ1n) is 10.1. The predicted octanol–water partition coefficient (Wildman–Crippen LogP) is 3.22. The first-order chi connectivity index (χ1) is 15.0. The number of carbonyl (C=O) groups excluding carboxylic acids is 4. The zero-order chi connectivity index (χ0) is 21.5. The third-order valence-corrected chi connectivity index (χ3v) is 6.14. The van der Waals surface area contributed by atoms with Crippen molar-refractivity contribution in [2.75, 3.05) is 0 Å². The molecule has 5 rings (SSSR count). The lowest BCUT2D eigenvalue weighted by Gasteiger charge is -2.45. The molecule has 2 fully saturated rings. The molecule has 7 nitrogen and oxygen atoms in total. The van der Waals surface area contributed by atoms with Crippen LogP contribution in [0.25, 0.3) is 0 Å². The quantitative estimate of drug-likeness (QED) is 0.551. The topological polar surface area (TPSA) is 90.0 Å². The van der Waals surface area contributed by atoms with E-state index >= 15 is 0 Å². The van der Waals surface area contributed by atoms with Crippen LogP contribution in [0.3, 0.4) is 0 Å². The van der Waals surface area contributed by atoms with Crippen molar-refractivity contribution in [3.05, 3.63) is 77.9 Å². The van der Waals surface area contributed by atoms with E-state index in [-0.39, 0.29) is 18.6 Å². The van der Waals surface area contributed by atoms with Gasteiger partial charge in [0.2, 0.25) is 0 Å². The second-order valence-corrected chi connectivity index (χ2v) is 7.85. The van der Waals surface area contributed by atoms with Crippen molar-refractivity contribution in [1.29, 1.82) is 0 Å². The number of hydrogen-bond acceptors (Lipinski definition) is 6. The number of piperidine rings is 1. The molecule has 0 spiro atoms. The molecule has 0 bridgehead atoms. The summed E-state index contributed by atoms with van der Waals surface area (Å²) in [5.74, 6) is -2.75. The first-order valence-corrected chi connectivity index (χ1v) is 10.1. The average molecular weight is 417 g/mol. The fourth-order valence-electron chi connectivity index (χ4n) is 4.74. The molecule has 2 saturated heterocycles. The molecular formula is C24H19NO6. The SMILES string of the molecule is O=C1C[C@H](c2ccccc2)N(C(=O)Oc2ccccc2)[C@@H]2C1=CC[C@@H]1C(=O)OC(=O)[C@@H]12. The van der Waals surface area contributed by atoms with Crippen molar-refractivity contribution in [2.24, 2.45) is 11.8 Å². The van der Waals surface area contributed by atoms with Gasteiger partial charge in [-0.05, 0) is 24.1 Å². The zero-order valence-electron chi connectivity index (χ0n) is 16.5. The van der Waals surface area contributed by atoms with Crippen molar-refractivity contribution in [1.82, 2.24) is 4.90 Å². The maximum absolute atomic E-state index is 13.4. The number of fused-ring (bicyclic) bond motifs is 3. The second-order valence-electron chi connectivity index (χ2n) is 7.85. The van der Waals surface area contributed by atoms with Gasteiger partial charge in [-0.2, -0.15) is 0 Å². The monoisotopic (exact) mass is 417 g/mol. The molecular weight excluding hydrogens is 398 g/mol. The number of hydrogen-bond donors (Lipinski definition) is 0. The van der Waals surface area contributed by atoms with Crippen LogP contribution in [-0.4, -0.2) is 34.8 Å². The number of ether oxygens (including phenoxy) is 2. The van der Waals surface area contributed by atoms with E-state index < -0.39 is 42.0 Å². The number of benzene rings is 2. The Hall–Kier alpha value is -3.74. The fraction of sp³-hybridized carbons (Fsp3) is 0.250. The Kier molecular flexibility index (Phi) is 4.66. The number of para-hydroxylation sites is 1. The summed E-state index contributed by atoms with van der Waals surface area (Å²) in [6.45, 7) is 0. The molecule has 0 aromatic heterocycles. The minimum atomic E-state index is -0.925. The smallest absolute Gasteiger partial charge is 0.410 e. The van der Waals surface area contributed by atoms with Gasteiger partial charge in [0.15, 0.2) is 5.78 Å². The van der Waals surface area contributed by atoms with Gasteiger partial charge in [-0.1, -0.05) is 54.6 Å². The molecule has 2 aromatic rings. The van der Waals surface area contributed by atoms with Gasteiger partial charge in [0.1, 0.15) is 5.75 Å². The molecule has 2 aromatic carbocycles. The van der Waals surface area contributed by atoms with Crippen LogP contribution in [-0.2, 0) is 19.1 Å². The Balaban J connectivity index is 1.60. The van der Waals surface area contributed by atoms with Crippen LogP contribution in [0.1, 0.15) is 24.4 Å². The van der Waals surface area contributed by atoms with E-state index in [1.165, 1.54) is 4.90 Å². The molecule has 1 aliphatic carbocycles. The Morgan fingerprint density at radius 2 is 1.61 bits per heavy atom. The molecule has 0 saturated carbocycles. The number of carbonyl (C=O) groups is 4. The molecule has 1 amide bonds. The summed E-state index contributed by atoms with van der Waals surface area (Å²) in [4.78, 5) is 52.7. The van der Waals surface area contributed by atoms with E-state index in [4.69, 9.17) is 9.47 Å². The minimum Gasteiger partial charge on any atom is -0.410 e. The Morgan fingerprint density at radius 3 is 2.32 bits per heavy atom. The maximum Gasteiger partial charge on any atom is 0.416 e. The molecule has 0 N–H and O–H groups in total. The van der Waals surface area contributed by atoms with Gasteiger partial charge in [-0.25, -0.2) is 4.79 Å². The molecule has 7 heteroatoms. The van der Waals surface area contributed by atoms with Gasteiger partial charge < -0.3 is 9.47 Å². The largest absolute Gasteiger partial charge is 0.416 e. The van der Waals surface area contributed by atoms with Crippen LogP contribution in [0.5, 0.6) is 5.75 Å². The summed E-state index contributed by atoms with van der Waals surface area (Å²) in [5, 5.41) is 0. The summed E-state index contributed by atoms with van der Waals surface area (Å²) >= 11 is 0. The molecule has 31 heavy (non-hydrogen) atoms. The number of esters is 2. The molecule has 4 atom stereocenters. The highest BCUT2D eigenvalue weighted by molar-refractivity contribution is 6.04. The van der Waals surface area contributed by atoms with E-state index in [9.17, 15) is 19.2 Å². The Bertz CT molecular complexity index is 1090. The second kappa shape index (κ2) is 7.50. The molecule has 0 unspecified atom stereocenters. The van der Waals surface area contributed by atoms with Crippen LogP contribution < -0.4 is 4.74 Å². The number of Topliss-reactive ketones (excluding diaryl/α,β-unsaturated/α-hetero) is 1. The third kappa shape index (κ3) is 3.22. The molecule has 0 radical (unpaired) electrons. The highest BCUT2D eigenvalue weighted by Gasteiger charge is 2.57. The number of amides is 1. The maximum atomic E-state index is 13.4. The van der Waals surface area contributed by atoms with Crippen molar-refractivity contribution < 1.29 is 28.7 Å². The van der Waals surface area contributed by atoms with Crippen molar-refractivity contribution in [3.63, 3.8) is 0 Å². The van der Waals surface area contributed by atoms with Crippen molar-refractivity contribution in [2.45, 2.75) is 24.9 Å². The predicted molar refractivity (Wildman–Crippen MR) is 108 cm³/mol. The number of ketones is 1. The lowest BCUT2D eigenvalue weighted by Crippen LogP contribution is -2.57. The Labute approximate surface area is 178 Å². The van der Waals surface area contributed by atoms with Crippen LogP contribution in [0.4, 0.5) is 4.79 Å². The van der Waals surface area contributed by atoms with Crippen molar-refractivity contribution in [3.8, 4) is 5.75 Å². The molecule has 156 valence electrons. The summed E-state index contributed by atoms with van der Waals surface area (Å²) < 4.78 is 10.5. The van der Waals surface area contributed by atoms with Crippen LogP contribution in [0.15, 0.2) is 72.3 Å².